The molecule has 1 aromatic heterocycles. The van der Waals surface area contributed by atoms with Crippen LogP contribution in [-0.4, -0.2) is 16.7 Å². The van der Waals surface area contributed by atoms with Crippen molar-refractivity contribution in [3.63, 3.8) is 0 Å². The Bertz CT molecular complexity index is 675. The van der Waals surface area contributed by atoms with Crippen LogP contribution in [0, 0.1) is 0 Å². The van der Waals surface area contributed by atoms with Gasteiger partial charge in [0.25, 0.3) is 5.56 Å². The van der Waals surface area contributed by atoms with Crippen molar-refractivity contribution >= 4 is 23.2 Å². The van der Waals surface area contributed by atoms with Crippen LogP contribution in [0.2, 0.25) is 10.2 Å². The molecule has 1 N–H and O–H groups in total. The van der Waals surface area contributed by atoms with Gasteiger partial charge in [0.15, 0.2) is 0 Å². The highest BCUT2D eigenvalue weighted by Crippen LogP contribution is 2.25. The predicted molar refractivity (Wildman–Crippen MR) is 69.2 cm³/mol. The van der Waals surface area contributed by atoms with Crippen molar-refractivity contribution < 1.29 is 4.74 Å². The highest BCUT2D eigenvalue weighted by molar-refractivity contribution is 6.32. The fourth-order valence-electron chi connectivity index (χ4n) is 1.50. The number of aromatic amines is 1. The van der Waals surface area contributed by atoms with Crippen LogP contribution in [0.3, 0.4) is 0 Å². The molecular weight excluding hydrogens is 279 g/mol. The smallest absolute Gasteiger partial charge is 0.334 e. The van der Waals surface area contributed by atoms with Gasteiger partial charge in [-0.3, -0.25) is 9.78 Å². The summed E-state index contributed by atoms with van der Waals surface area (Å²) in [5.74, 6) is 0.371. The summed E-state index contributed by atoms with van der Waals surface area (Å²) in [6, 6.07) is 5.68. The molecule has 0 radical (unpaired) electrons. The average Bonchev–Trinajstić information content (AvgIpc) is 2.30. The van der Waals surface area contributed by atoms with Gasteiger partial charge in [-0.1, -0.05) is 23.2 Å². The van der Waals surface area contributed by atoms with Gasteiger partial charge in [-0.25, -0.2) is 9.36 Å². The van der Waals surface area contributed by atoms with Crippen LogP contribution in [0.5, 0.6) is 5.75 Å². The lowest BCUT2D eigenvalue weighted by Crippen LogP contribution is -2.32. The van der Waals surface area contributed by atoms with Crippen molar-refractivity contribution in [3.05, 3.63) is 55.3 Å². The second-order valence-electron chi connectivity index (χ2n) is 3.41. The van der Waals surface area contributed by atoms with Gasteiger partial charge in [0.05, 0.1) is 17.8 Å². The molecule has 0 aliphatic rings. The molecule has 2 rings (SSSR count). The summed E-state index contributed by atoms with van der Waals surface area (Å²) in [5, 5.41) is 0.377. The van der Waals surface area contributed by atoms with E-state index in [4.69, 9.17) is 27.9 Å². The van der Waals surface area contributed by atoms with Crippen LogP contribution < -0.4 is 16.0 Å². The first kappa shape index (κ1) is 12.7. The van der Waals surface area contributed by atoms with Crippen LogP contribution in [0.15, 0.2) is 33.9 Å². The zero-order valence-electron chi connectivity index (χ0n) is 9.24. The highest BCUT2D eigenvalue weighted by Gasteiger charge is 2.08. The summed E-state index contributed by atoms with van der Waals surface area (Å²) in [7, 11) is 1.44. The minimum Gasteiger partial charge on any atom is -0.495 e. The minimum absolute atomic E-state index is 0.0119. The molecule has 94 valence electrons. The Balaban J connectivity index is 2.70. The van der Waals surface area contributed by atoms with Gasteiger partial charge in [-0.15, -0.1) is 0 Å². The Morgan fingerprint density at radius 3 is 2.56 bits per heavy atom. The van der Waals surface area contributed by atoms with Crippen molar-refractivity contribution in [2.24, 2.45) is 0 Å². The van der Waals surface area contributed by atoms with Crippen molar-refractivity contribution in [1.29, 1.82) is 0 Å². The Kier molecular flexibility index (Phi) is 3.45. The summed E-state index contributed by atoms with van der Waals surface area (Å²) in [4.78, 5) is 25.8. The van der Waals surface area contributed by atoms with Crippen molar-refractivity contribution in [3.8, 4) is 11.4 Å². The second-order valence-corrected chi connectivity index (χ2v) is 4.23. The van der Waals surface area contributed by atoms with E-state index >= 15 is 0 Å². The second kappa shape index (κ2) is 4.88. The lowest BCUT2D eigenvalue weighted by molar-refractivity contribution is 0.415. The third-order valence-electron chi connectivity index (χ3n) is 2.29. The van der Waals surface area contributed by atoms with Gasteiger partial charge in [0, 0.05) is 12.1 Å². The SMILES string of the molecule is COc1cc(-n2c(=O)cc(Cl)[nH]c2=O)ccc1Cl. The summed E-state index contributed by atoms with van der Waals surface area (Å²) in [6.45, 7) is 0. The number of hydrogen-bond acceptors (Lipinski definition) is 3. The van der Waals surface area contributed by atoms with Crippen molar-refractivity contribution in [2.75, 3.05) is 7.11 Å². The molecule has 1 heterocycles. The predicted octanol–water partition coefficient (Wildman–Crippen LogP) is 1.84. The first-order valence-corrected chi connectivity index (χ1v) is 5.64. The fourth-order valence-corrected chi connectivity index (χ4v) is 1.87. The van der Waals surface area contributed by atoms with Gasteiger partial charge in [-0.2, -0.15) is 0 Å². The maximum absolute atomic E-state index is 11.7. The number of methoxy groups -OCH3 is 1. The largest absolute Gasteiger partial charge is 0.495 e. The normalized spacial score (nSPS) is 10.4. The first-order chi connectivity index (χ1) is 8.52. The molecule has 1 aromatic carbocycles. The van der Waals surface area contributed by atoms with Crippen LogP contribution >= 0.6 is 23.2 Å². The lowest BCUT2D eigenvalue weighted by atomic mass is 10.3. The van der Waals surface area contributed by atoms with E-state index in [0.29, 0.717) is 16.5 Å². The number of hydrogen-bond donors (Lipinski definition) is 1. The molecule has 0 spiro atoms. The molecule has 2 aromatic rings. The minimum atomic E-state index is -0.628. The van der Waals surface area contributed by atoms with Gasteiger partial charge in [-0.05, 0) is 12.1 Å². The standard InChI is InChI=1S/C11H8Cl2N2O3/c1-18-8-4-6(2-3-7(8)12)15-10(16)5-9(13)14-11(15)17/h2-5H,1H3,(H,14,17). The zero-order chi connectivity index (χ0) is 13.3. The number of rotatable bonds is 2. The Labute approximate surface area is 112 Å². The average molecular weight is 287 g/mol. The molecule has 0 unspecified atom stereocenters. The van der Waals surface area contributed by atoms with Crippen molar-refractivity contribution in [1.82, 2.24) is 9.55 Å². The van der Waals surface area contributed by atoms with E-state index in [1.807, 2.05) is 0 Å². The summed E-state index contributed by atoms with van der Waals surface area (Å²) in [5.41, 5.74) is -0.816. The summed E-state index contributed by atoms with van der Waals surface area (Å²) >= 11 is 11.4. The zero-order valence-corrected chi connectivity index (χ0v) is 10.7. The number of halogens is 2. The topological polar surface area (TPSA) is 64.1 Å². The number of nitrogens with one attached hydrogen (secondary N) is 1. The molecule has 5 nitrogen and oxygen atoms in total. The van der Waals surface area contributed by atoms with Gasteiger partial charge >= 0.3 is 5.69 Å². The molecule has 0 atom stereocenters. The van der Waals surface area contributed by atoms with E-state index in [2.05, 4.69) is 4.98 Å². The van der Waals surface area contributed by atoms with E-state index in [0.717, 1.165) is 10.6 Å². The molecular formula is C11H8Cl2N2O3. The molecule has 0 saturated carbocycles. The van der Waals surface area contributed by atoms with Crippen LogP contribution in [0.4, 0.5) is 0 Å². The molecule has 0 aliphatic heterocycles. The summed E-state index contributed by atoms with van der Waals surface area (Å²) in [6.07, 6.45) is 0. The molecule has 0 saturated heterocycles. The van der Waals surface area contributed by atoms with E-state index in [1.54, 1.807) is 0 Å². The number of H-pyrrole nitrogens is 1. The van der Waals surface area contributed by atoms with Gasteiger partial charge in [0.1, 0.15) is 10.9 Å². The summed E-state index contributed by atoms with van der Waals surface area (Å²) < 4.78 is 5.96. The Hall–Kier alpha value is -1.72. The molecule has 0 fully saturated rings. The van der Waals surface area contributed by atoms with E-state index in [1.165, 1.54) is 25.3 Å². The monoisotopic (exact) mass is 286 g/mol. The highest BCUT2D eigenvalue weighted by atomic mass is 35.5. The lowest BCUT2D eigenvalue weighted by Gasteiger charge is -2.07. The van der Waals surface area contributed by atoms with Crippen LogP contribution in [-0.2, 0) is 0 Å². The van der Waals surface area contributed by atoms with Crippen LogP contribution in [0.1, 0.15) is 0 Å². The van der Waals surface area contributed by atoms with Crippen molar-refractivity contribution in [2.45, 2.75) is 0 Å². The third-order valence-corrected chi connectivity index (χ3v) is 2.81. The molecule has 7 heteroatoms. The third kappa shape index (κ3) is 2.27. The molecule has 0 aliphatic carbocycles. The maximum Gasteiger partial charge on any atom is 0.334 e. The molecule has 18 heavy (non-hydrogen) atoms. The maximum atomic E-state index is 11.7. The van der Waals surface area contributed by atoms with Crippen LogP contribution in [0.25, 0.3) is 5.69 Å². The number of benzene rings is 1. The molecule has 0 amide bonds. The Morgan fingerprint density at radius 2 is 1.94 bits per heavy atom. The fraction of sp³-hybridized carbons (Fsp3) is 0.0909. The van der Waals surface area contributed by atoms with Gasteiger partial charge < -0.3 is 4.74 Å². The van der Waals surface area contributed by atoms with E-state index in [-0.39, 0.29) is 5.15 Å². The van der Waals surface area contributed by atoms with E-state index < -0.39 is 11.2 Å². The van der Waals surface area contributed by atoms with Gasteiger partial charge in [0.2, 0.25) is 0 Å². The molecule has 0 bridgehead atoms. The van der Waals surface area contributed by atoms with E-state index in [9.17, 15) is 9.59 Å². The number of aromatic nitrogens is 2. The quantitative estimate of drug-likeness (QED) is 0.857. The number of nitrogens with zero attached hydrogens (tertiary/aromatic N) is 1. The Morgan fingerprint density at radius 1 is 1.22 bits per heavy atom. The first-order valence-electron chi connectivity index (χ1n) is 4.88. The number of ether oxygens (including phenoxy) is 1.